The summed E-state index contributed by atoms with van der Waals surface area (Å²) in [6, 6.07) is 0.813. The predicted molar refractivity (Wildman–Crippen MR) is 81.3 cm³/mol. The summed E-state index contributed by atoms with van der Waals surface area (Å²) in [7, 11) is 0. The van der Waals surface area contributed by atoms with Crippen molar-refractivity contribution in [3.05, 3.63) is 0 Å². The highest BCUT2D eigenvalue weighted by Gasteiger charge is 2.33. The van der Waals surface area contributed by atoms with Crippen molar-refractivity contribution in [2.24, 2.45) is 17.8 Å². The largest absolute Gasteiger partial charge is 0.312 e. The Hall–Kier alpha value is -0.0800. The van der Waals surface area contributed by atoms with E-state index in [9.17, 15) is 0 Å². The molecule has 110 valence electrons. The summed E-state index contributed by atoms with van der Waals surface area (Å²) in [6.07, 6.45) is 11.7. The van der Waals surface area contributed by atoms with Gasteiger partial charge in [0.15, 0.2) is 0 Å². The molecule has 0 aromatic heterocycles. The second-order valence-corrected chi connectivity index (χ2v) is 7.48. The van der Waals surface area contributed by atoms with E-state index < -0.39 is 0 Å². The molecule has 0 spiro atoms. The molecule has 0 aromatic rings. The number of rotatable bonds is 4. The van der Waals surface area contributed by atoms with Gasteiger partial charge < -0.3 is 10.2 Å². The first-order chi connectivity index (χ1) is 9.31. The van der Waals surface area contributed by atoms with Crippen LogP contribution in [0.4, 0.5) is 0 Å². The molecule has 0 aromatic carbocycles. The molecule has 2 saturated carbocycles. The fourth-order valence-electron chi connectivity index (χ4n) is 4.23. The summed E-state index contributed by atoms with van der Waals surface area (Å²) in [6.45, 7) is 7.72. The van der Waals surface area contributed by atoms with E-state index in [1.54, 1.807) is 0 Å². The van der Waals surface area contributed by atoms with Crippen molar-refractivity contribution in [3.63, 3.8) is 0 Å². The van der Waals surface area contributed by atoms with Crippen LogP contribution in [0.25, 0.3) is 0 Å². The van der Waals surface area contributed by atoms with Gasteiger partial charge in [0.25, 0.3) is 0 Å². The van der Waals surface area contributed by atoms with E-state index in [0.717, 1.165) is 23.8 Å². The van der Waals surface area contributed by atoms with Crippen molar-refractivity contribution in [3.8, 4) is 0 Å². The van der Waals surface area contributed by atoms with Crippen LogP contribution in [0.5, 0.6) is 0 Å². The highest BCUT2D eigenvalue weighted by Crippen LogP contribution is 2.34. The number of hydrogen-bond acceptors (Lipinski definition) is 2. The molecule has 0 radical (unpaired) electrons. The first-order valence-corrected chi connectivity index (χ1v) is 8.77. The molecule has 1 heterocycles. The third kappa shape index (κ3) is 4.19. The van der Waals surface area contributed by atoms with E-state index in [0.29, 0.717) is 0 Å². The van der Waals surface area contributed by atoms with Crippen LogP contribution in [0.1, 0.15) is 58.3 Å². The molecule has 1 N–H and O–H groups in total. The molecule has 0 amide bonds. The van der Waals surface area contributed by atoms with Crippen LogP contribution in [0, 0.1) is 17.8 Å². The maximum absolute atomic E-state index is 3.78. The zero-order valence-electron chi connectivity index (χ0n) is 12.7. The van der Waals surface area contributed by atoms with Gasteiger partial charge in [-0.25, -0.2) is 0 Å². The first kappa shape index (κ1) is 13.9. The second-order valence-electron chi connectivity index (χ2n) is 7.48. The minimum atomic E-state index is 0.813. The summed E-state index contributed by atoms with van der Waals surface area (Å²) < 4.78 is 0. The molecule has 2 nitrogen and oxygen atoms in total. The average molecular weight is 264 g/mol. The van der Waals surface area contributed by atoms with Crippen LogP contribution >= 0.6 is 0 Å². The van der Waals surface area contributed by atoms with Gasteiger partial charge in [-0.2, -0.15) is 0 Å². The molecule has 1 saturated heterocycles. The fraction of sp³-hybridized carbons (Fsp3) is 1.00. The van der Waals surface area contributed by atoms with Crippen LogP contribution in [0.15, 0.2) is 0 Å². The third-order valence-corrected chi connectivity index (χ3v) is 5.60. The molecule has 2 heteroatoms. The monoisotopic (exact) mass is 264 g/mol. The van der Waals surface area contributed by atoms with Crippen LogP contribution in [-0.4, -0.2) is 37.1 Å². The highest BCUT2D eigenvalue weighted by molar-refractivity contribution is 4.90. The van der Waals surface area contributed by atoms with Crippen molar-refractivity contribution in [1.29, 1.82) is 0 Å². The minimum absolute atomic E-state index is 0.813. The number of nitrogens with zero attached hydrogens (tertiary/aromatic N) is 1. The SMILES string of the molecule is CC1CCCC(CCN2CCCNC(C3CC3)C2)C1. The zero-order valence-corrected chi connectivity index (χ0v) is 12.7. The second kappa shape index (κ2) is 6.58. The zero-order chi connectivity index (χ0) is 13.1. The standard InChI is InChI=1S/C17H32N2/c1-14-4-2-5-15(12-14)8-11-19-10-3-9-18-17(13-19)16-6-7-16/h14-18H,2-13H2,1H3. The Morgan fingerprint density at radius 3 is 2.79 bits per heavy atom. The third-order valence-electron chi connectivity index (χ3n) is 5.60. The molecule has 1 aliphatic heterocycles. The van der Waals surface area contributed by atoms with Gasteiger partial charge in [-0.1, -0.05) is 26.2 Å². The van der Waals surface area contributed by atoms with E-state index in [4.69, 9.17) is 0 Å². The summed E-state index contributed by atoms with van der Waals surface area (Å²) >= 11 is 0. The van der Waals surface area contributed by atoms with Crippen molar-refractivity contribution in [2.45, 2.75) is 64.3 Å². The van der Waals surface area contributed by atoms with Crippen LogP contribution in [-0.2, 0) is 0 Å². The van der Waals surface area contributed by atoms with Crippen LogP contribution in [0.3, 0.4) is 0 Å². The number of nitrogens with one attached hydrogen (secondary N) is 1. The van der Waals surface area contributed by atoms with Gasteiger partial charge in [-0.05, 0) is 69.5 Å². The lowest BCUT2D eigenvalue weighted by molar-refractivity contribution is 0.205. The summed E-state index contributed by atoms with van der Waals surface area (Å²) in [5.74, 6) is 3.03. The average Bonchev–Trinajstić information content (AvgIpc) is 3.23. The van der Waals surface area contributed by atoms with E-state index in [-0.39, 0.29) is 0 Å². The van der Waals surface area contributed by atoms with Crippen LogP contribution in [0.2, 0.25) is 0 Å². The summed E-state index contributed by atoms with van der Waals surface area (Å²) in [4.78, 5) is 2.77. The van der Waals surface area contributed by atoms with Gasteiger partial charge in [-0.15, -0.1) is 0 Å². The Morgan fingerprint density at radius 1 is 1.11 bits per heavy atom. The van der Waals surface area contributed by atoms with Crippen molar-refractivity contribution in [2.75, 3.05) is 26.2 Å². The van der Waals surface area contributed by atoms with Crippen molar-refractivity contribution < 1.29 is 0 Å². The summed E-state index contributed by atoms with van der Waals surface area (Å²) in [5, 5.41) is 3.78. The topological polar surface area (TPSA) is 15.3 Å². The Kier molecular flexibility index (Phi) is 4.81. The van der Waals surface area contributed by atoms with Crippen molar-refractivity contribution in [1.82, 2.24) is 10.2 Å². The van der Waals surface area contributed by atoms with Crippen molar-refractivity contribution >= 4 is 0 Å². The van der Waals surface area contributed by atoms with E-state index in [2.05, 4.69) is 17.1 Å². The molecule has 3 unspecified atom stereocenters. The molecule has 2 aliphatic carbocycles. The number of hydrogen-bond donors (Lipinski definition) is 1. The highest BCUT2D eigenvalue weighted by atomic mass is 15.2. The fourth-order valence-corrected chi connectivity index (χ4v) is 4.23. The van der Waals surface area contributed by atoms with E-state index >= 15 is 0 Å². The maximum Gasteiger partial charge on any atom is 0.0223 e. The molecule has 19 heavy (non-hydrogen) atoms. The first-order valence-electron chi connectivity index (χ1n) is 8.77. The Bertz CT molecular complexity index is 274. The Morgan fingerprint density at radius 2 is 2.00 bits per heavy atom. The Labute approximate surface area is 119 Å². The smallest absolute Gasteiger partial charge is 0.0223 e. The van der Waals surface area contributed by atoms with Gasteiger partial charge in [-0.3, -0.25) is 0 Å². The molecule has 3 aliphatic rings. The molecular formula is C17H32N2. The van der Waals surface area contributed by atoms with Gasteiger partial charge in [0.1, 0.15) is 0 Å². The lowest BCUT2D eigenvalue weighted by Gasteiger charge is -2.30. The molecule has 3 rings (SSSR count). The summed E-state index contributed by atoms with van der Waals surface area (Å²) in [5.41, 5.74) is 0. The molecule has 3 fully saturated rings. The maximum atomic E-state index is 3.78. The lowest BCUT2D eigenvalue weighted by Crippen LogP contribution is -2.40. The Balaban J connectivity index is 1.42. The van der Waals surface area contributed by atoms with Crippen LogP contribution < -0.4 is 5.32 Å². The normalized spacial score (nSPS) is 38.1. The van der Waals surface area contributed by atoms with E-state index in [1.807, 2.05) is 0 Å². The lowest BCUT2D eigenvalue weighted by atomic mass is 9.81. The molecule has 0 bridgehead atoms. The van der Waals surface area contributed by atoms with E-state index in [1.165, 1.54) is 77.5 Å². The molecule has 3 atom stereocenters. The minimum Gasteiger partial charge on any atom is -0.312 e. The predicted octanol–water partition coefficient (Wildman–Crippen LogP) is 3.28. The van der Waals surface area contributed by atoms with Gasteiger partial charge in [0, 0.05) is 12.6 Å². The van der Waals surface area contributed by atoms with Gasteiger partial charge >= 0.3 is 0 Å². The van der Waals surface area contributed by atoms with Gasteiger partial charge in [0.05, 0.1) is 0 Å². The quantitative estimate of drug-likeness (QED) is 0.838. The van der Waals surface area contributed by atoms with Gasteiger partial charge in [0.2, 0.25) is 0 Å². The molecular weight excluding hydrogens is 232 g/mol.